The molecule has 43 heavy (non-hydrogen) atoms. The molecule has 1 aliphatic rings. The third-order valence-corrected chi connectivity index (χ3v) is 6.53. The minimum Gasteiger partial charge on any atom is -0.394 e. The normalized spacial score (nSPS) is 26.0. The highest BCUT2D eigenvalue weighted by molar-refractivity contribution is 5.32. The minimum atomic E-state index is -1.47. The highest BCUT2D eigenvalue weighted by Gasteiger charge is 2.45. The zero-order chi connectivity index (χ0) is 32.4. The lowest BCUT2D eigenvalue weighted by atomic mass is 9.98. The predicted octanol–water partition coefficient (Wildman–Crippen LogP) is 5.48. The first-order valence-electron chi connectivity index (χ1n) is 14.6. The number of ether oxygens (including phenoxy) is 2. The molecule has 1 fully saturated rings. The van der Waals surface area contributed by atoms with E-state index in [4.69, 9.17) is 14.6 Å². The summed E-state index contributed by atoms with van der Waals surface area (Å²) in [5.41, 5.74) is 4.61. The van der Waals surface area contributed by atoms with Gasteiger partial charge in [0.05, 0.1) is 18.8 Å². The Hall–Kier alpha value is -2.88. The summed E-state index contributed by atoms with van der Waals surface area (Å²) in [6.07, 6.45) is 24.1. The van der Waals surface area contributed by atoms with Gasteiger partial charge in [-0.1, -0.05) is 113 Å². The molecule has 0 aromatic carbocycles. The third-order valence-electron chi connectivity index (χ3n) is 6.53. The summed E-state index contributed by atoms with van der Waals surface area (Å²) in [6.45, 7) is 13.2. The molecular formula is C36H52O7. The number of hydrogen-bond acceptors (Lipinski definition) is 7. The van der Waals surface area contributed by atoms with Crippen molar-refractivity contribution in [2.24, 2.45) is 0 Å². The van der Waals surface area contributed by atoms with Gasteiger partial charge in [0.15, 0.2) is 6.29 Å². The van der Waals surface area contributed by atoms with E-state index in [-0.39, 0.29) is 6.61 Å². The van der Waals surface area contributed by atoms with Crippen LogP contribution < -0.4 is 0 Å². The average Bonchev–Trinajstić information content (AvgIpc) is 2.95. The molecule has 0 aromatic rings. The minimum absolute atomic E-state index is 0.0720. The summed E-state index contributed by atoms with van der Waals surface area (Å²) in [4.78, 5) is 0. The second-order valence-electron chi connectivity index (χ2n) is 11.5. The lowest BCUT2D eigenvalue weighted by Crippen LogP contribution is -2.60. The molecule has 1 heterocycles. The van der Waals surface area contributed by atoms with Crippen molar-refractivity contribution < 1.29 is 35.0 Å². The van der Waals surface area contributed by atoms with Crippen LogP contribution in [0.2, 0.25) is 0 Å². The van der Waals surface area contributed by atoms with Gasteiger partial charge in [-0.25, -0.2) is 0 Å². The maximum atomic E-state index is 10.2. The fraction of sp³-hybridized carbons (Fsp3) is 0.444. The molecule has 0 saturated carbocycles. The van der Waals surface area contributed by atoms with Crippen molar-refractivity contribution in [3.63, 3.8) is 0 Å². The van der Waals surface area contributed by atoms with E-state index in [0.29, 0.717) is 6.42 Å². The van der Waals surface area contributed by atoms with Crippen LogP contribution >= 0.6 is 0 Å². The topological polar surface area (TPSA) is 120 Å². The fourth-order valence-corrected chi connectivity index (χ4v) is 3.81. The van der Waals surface area contributed by atoms with E-state index in [0.717, 1.165) is 27.9 Å². The molecule has 0 spiro atoms. The van der Waals surface area contributed by atoms with E-state index >= 15 is 0 Å². The Balaban J connectivity index is 2.58. The largest absolute Gasteiger partial charge is 0.394 e. The van der Waals surface area contributed by atoms with Crippen molar-refractivity contribution in [2.45, 2.75) is 91.2 Å². The van der Waals surface area contributed by atoms with Crippen LogP contribution in [0.1, 0.15) is 54.9 Å². The second-order valence-corrected chi connectivity index (χ2v) is 11.5. The Bertz CT molecular complexity index is 1160. The van der Waals surface area contributed by atoms with Crippen molar-refractivity contribution in [3.8, 4) is 0 Å². The van der Waals surface area contributed by atoms with Gasteiger partial charge >= 0.3 is 0 Å². The first-order chi connectivity index (χ1) is 20.3. The fourth-order valence-electron chi connectivity index (χ4n) is 3.81. The zero-order valence-electron chi connectivity index (χ0n) is 26.7. The van der Waals surface area contributed by atoms with E-state index in [9.17, 15) is 20.4 Å². The SMILES string of the molecule is CC(C=CC=C(C)C=CC=C(C)C=CCC(C)(C)OC1OC(CO)C(O)C(O)C1O)=CC=CC=C(C)C=CC=C(C)CO. The molecule has 5 atom stereocenters. The van der Waals surface area contributed by atoms with E-state index in [1.54, 1.807) is 0 Å². The maximum Gasteiger partial charge on any atom is 0.187 e. The molecule has 0 amide bonds. The highest BCUT2D eigenvalue weighted by Crippen LogP contribution is 2.27. The lowest BCUT2D eigenvalue weighted by Gasteiger charge is -2.42. The van der Waals surface area contributed by atoms with Crippen molar-refractivity contribution in [2.75, 3.05) is 13.2 Å². The predicted molar refractivity (Wildman–Crippen MR) is 175 cm³/mol. The molecule has 5 unspecified atom stereocenters. The quantitative estimate of drug-likeness (QED) is 0.159. The molecule has 0 bridgehead atoms. The first-order valence-corrected chi connectivity index (χ1v) is 14.6. The first kappa shape index (κ1) is 38.1. The number of rotatable bonds is 15. The Morgan fingerprint density at radius 2 is 1.12 bits per heavy atom. The van der Waals surface area contributed by atoms with Crippen LogP contribution in [0.25, 0.3) is 0 Å². The molecule has 1 rings (SSSR count). The summed E-state index contributed by atoms with van der Waals surface area (Å²) in [7, 11) is 0. The van der Waals surface area contributed by atoms with Crippen LogP contribution in [0, 0.1) is 0 Å². The Morgan fingerprint density at radius 1 is 0.651 bits per heavy atom. The van der Waals surface area contributed by atoms with Gasteiger partial charge in [-0.2, -0.15) is 0 Å². The zero-order valence-corrected chi connectivity index (χ0v) is 26.7. The highest BCUT2D eigenvalue weighted by atomic mass is 16.7. The second kappa shape index (κ2) is 20.1. The van der Waals surface area contributed by atoms with Crippen LogP contribution in [0.4, 0.5) is 0 Å². The number of aliphatic hydroxyl groups excluding tert-OH is 5. The van der Waals surface area contributed by atoms with Crippen molar-refractivity contribution >= 4 is 0 Å². The Kier molecular flexibility index (Phi) is 17.9. The number of allylic oxidation sites excluding steroid dienone is 18. The molecule has 7 nitrogen and oxygen atoms in total. The van der Waals surface area contributed by atoms with Crippen LogP contribution in [-0.2, 0) is 9.47 Å². The van der Waals surface area contributed by atoms with Gasteiger partial charge in [0.1, 0.15) is 24.4 Å². The smallest absolute Gasteiger partial charge is 0.187 e. The molecule has 5 N–H and O–H groups in total. The van der Waals surface area contributed by atoms with E-state index < -0.39 is 42.9 Å². The van der Waals surface area contributed by atoms with Gasteiger partial charge in [0.25, 0.3) is 0 Å². The molecule has 1 saturated heterocycles. The maximum absolute atomic E-state index is 10.2. The monoisotopic (exact) mass is 596 g/mol. The van der Waals surface area contributed by atoms with E-state index in [1.807, 2.05) is 134 Å². The third kappa shape index (κ3) is 16.0. The number of hydrogen-bond donors (Lipinski definition) is 5. The van der Waals surface area contributed by atoms with Crippen LogP contribution in [0.3, 0.4) is 0 Å². The molecule has 238 valence electrons. The van der Waals surface area contributed by atoms with Gasteiger partial charge < -0.3 is 35.0 Å². The standard InChI is InChI=1S/C36H52O7/c1-26(14-8-9-15-27(2)20-12-21-30(5)24-37)16-10-17-28(3)18-11-19-29(4)22-13-23-36(6,7)43-35-34(41)33(40)32(39)31(25-38)42-35/h8-22,31-35,37-41H,23-25H2,1-7H3. The summed E-state index contributed by atoms with van der Waals surface area (Å²) in [6, 6.07) is 0. The van der Waals surface area contributed by atoms with Crippen molar-refractivity contribution in [1.29, 1.82) is 0 Å². The van der Waals surface area contributed by atoms with Gasteiger partial charge in [-0.3, -0.25) is 0 Å². The van der Waals surface area contributed by atoms with E-state index in [1.165, 1.54) is 0 Å². The molecular weight excluding hydrogens is 544 g/mol. The van der Waals surface area contributed by atoms with Gasteiger partial charge in [0, 0.05) is 0 Å². The Labute approximate surface area is 258 Å². The van der Waals surface area contributed by atoms with Crippen LogP contribution in [0.15, 0.2) is 119 Å². The molecule has 0 radical (unpaired) electrons. The average molecular weight is 597 g/mol. The molecule has 7 heteroatoms. The summed E-state index contributed by atoms with van der Waals surface area (Å²) in [5.74, 6) is 0. The van der Waals surface area contributed by atoms with Crippen LogP contribution in [0.5, 0.6) is 0 Å². The van der Waals surface area contributed by atoms with Crippen molar-refractivity contribution in [3.05, 3.63) is 119 Å². The lowest BCUT2D eigenvalue weighted by molar-refractivity contribution is -0.322. The molecule has 0 aromatic heterocycles. The van der Waals surface area contributed by atoms with Crippen molar-refractivity contribution in [1.82, 2.24) is 0 Å². The number of aliphatic hydroxyl groups is 5. The Morgan fingerprint density at radius 3 is 1.60 bits per heavy atom. The summed E-state index contributed by atoms with van der Waals surface area (Å²) >= 11 is 0. The van der Waals surface area contributed by atoms with Gasteiger partial charge in [0.2, 0.25) is 0 Å². The summed E-state index contributed by atoms with van der Waals surface area (Å²) < 4.78 is 11.3. The van der Waals surface area contributed by atoms with E-state index in [2.05, 4.69) is 6.08 Å². The molecule has 1 aliphatic heterocycles. The van der Waals surface area contributed by atoms with Crippen LogP contribution in [-0.4, -0.2) is 75.1 Å². The van der Waals surface area contributed by atoms with Gasteiger partial charge in [-0.15, -0.1) is 0 Å². The summed E-state index contributed by atoms with van der Waals surface area (Å²) in [5, 5.41) is 48.5. The molecule has 0 aliphatic carbocycles. The van der Waals surface area contributed by atoms with Gasteiger partial charge in [-0.05, 0) is 60.5 Å².